The maximum Gasteiger partial charge on any atom is 0.738 e. The molecule has 0 unspecified atom stereocenters. The summed E-state index contributed by atoms with van der Waals surface area (Å²) in [5.41, 5.74) is 1.12. The largest absolute Gasteiger partial charge is 0.738 e. The maximum absolute atomic E-state index is 15.1. The minimum absolute atomic E-state index is 0.227. The third-order valence-electron chi connectivity index (χ3n) is 4.32. The Morgan fingerprint density at radius 1 is 1.12 bits per heavy atom. The van der Waals surface area contributed by atoms with E-state index in [-0.39, 0.29) is 26.2 Å². The predicted molar refractivity (Wildman–Crippen MR) is 97.8 cm³/mol. The number of methoxy groups -OCH3 is 1. The van der Waals surface area contributed by atoms with E-state index in [0.29, 0.717) is 11.3 Å². The average Bonchev–Trinajstić information content (AvgIpc) is 3.13. The highest BCUT2D eigenvalue weighted by Crippen LogP contribution is 2.42. The van der Waals surface area contributed by atoms with Crippen molar-refractivity contribution in [1.82, 2.24) is 4.48 Å². The van der Waals surface area contributed by atoms with Crippen LogP contribution >= 0.6 is 31.9 Å². The summed E-state index contributed by atoms with van der Waals surface area (Å²) >= 11 is 6.35. The van der Waals surface area contributed by atoms with E-state index >= 15 is 8.63 Å². The molecule has 1 aromatic carbocycles. The minimum atomic E-state index is -4.11. The molecular formula is C16H10BBr2F3N2O. The van der Waals surface area contributed by atoms with Gasteiger partial charge in [0, 0.05) is 45.4 Å². The molecule has 0 spiro atoms. The summed E-state index contributed by atoms with van der Waals surface area (Å²) in [7, 11) is 1.44. The molecule has 2 aliphatic rings. The lowest BCUT2D eigenvalue weighted by molar-refractivity contribution is -0.358. The molecule has 0 amide bonds. The van der Waals surface area contributed by atoms with Gasteiger partial charge in [-0.1, -0.05) is 0 Å². The molecule has 25 heavy (non-hydrogen) atoms. The van der Waals surface area contributed by atoms with Gasteiger partial charge in [-0.05, 0) is 40.2 Å². The average molecular weight is 474 g/mol. The fourth-order valence-corrected chi connectivity index (χ4v) is 4.37. The molecule has 3 heterocycles. The van der Waals surface area contributed by atoms with Crippen LogP contribution < -0.4 is 4.74 Å². The van der Waals surface area contributed by atoms with Gasteiger partial charge >= 0.3 is 6.97 Å². The van der Waals surface area contributed by atoms with Gasteiger partial charge in [-0.15, -0.1) is 0 Å². The van der Waals surface area contributed by atoms with Crippen molar-refractivity contribution in [2.24, 2.45) is 0 Å². The van der Waals surface area contributed by atoms with Crippen molar-refractivity contribution in [1.29, 1.82) is 0 Å². The molecule has 0 atom stereocenters. The minimum Gasteiger partial charge on any atom is -0.497 e. The van der Waals surface area contributed by atoms with E-state index in [9.17, 15) is 4.39 Å². The number of ether oxygens (including phenoxy) is 1. The molecule has 128 valence electrons. The lowest BCUT2D eigenvalue weighted by Crippen LogP contribution is -2.50. The Morgan fingerprint density at radius 2 is 1.88 bits per heavy atom. The van der Waals surface area contributed by atoms with Crippen molar-refractivity contribution in [3.05, 3.63) is 69.9 Å². The number of aromatic nitrogens is 1. The highest BCUT2D eigenvalue weighted by Gasteiger charge is 2.54. The van der Waals surface area contributed by atoms with Gasteiger partial charge in [0.1, 0.15) is 11.6 Å². The van der Waals surface area contributed by atoms with Gasteiger partial charge in [0.25, 0.3) is 0 Å². The van der Waals surface area contributed by atoms with Crippen molar-refractivity contribution in [2.75, 3.05) is 7.11 Å². The number of nitrogens with zero attached hydrogens (tertiary/aromatic N) is 2. The molecular weight excluding hydrogens is 464 g/mol. The number of hydrogen-bond acceptors (Lipinski definition) is 1. The highest BCUT2D eigenvalue weighted by atomic mass is 79.9. The summed E-state index contributed by atoms with van der Waals surface area (Å²) in [5, 5.41) is 0. The topological polar surface area (TPSA) is 17.2 Å². The van der Waals surface area contributed by atoms with Crippen LogP contribution in [-0.4, -0.2) is 27.7 Å². The standard InChI is InChI=1S/C16H10BBr2F3N2O/c1-25-9-2-3-10(11(20)8-9)16-12-4-6-14(18)23(12)17(21,22)24-13(16)5-7-15(24)19/h2-8H,1H3. The molecule has 0 fully saturated rings. The second-order valence-electron chi connectivity index (χ2n) is 5.63. The lowest BCUT2D eigenvalue weighted by atomic mass is 9.86. The third kappa shape index (κ3) is 2.28. The Hall–Kier alpha value is -1.74. The van der Waals surface area contributed by atoms with Crippen molar-refractivity contribution in [2.45, 2.75) is 0 Å². The van der Waals surface area contributed by atoms with E-state index in [4.69, 9.17) is 4.74 Å². The Balaban J connectivity index is 2.08. The third-order valence-corrected chi connectivity index (χ3v) is 5.61. The summed E-state index contributed by atoms with van der Waals surface area (Å²) in [6.45, 7) is -4.11. The number of allylic oxidation sites excluding steroid dienone is 2. The van der Waals surface area contributed by atoms with Crippen molar-refractivity contribution >= 4 is 49.0 Å². The number of benzene rings is 1. The number of rotatable bonds is 2. The normalized spacial score (nSPS) is 17.8. The van der Waals surface area contributed by atoms with E-state index in [1.807, 2.05) is 0 Å². The van der Waals surface area contributed by atoms with Gasteiger partial charge in [0.2, 0.25) is 4.62 Å². The summed E-state index contributed by atoms with van der Waals surface area (Å²) in [5.74, 6) is -0.180. The summed E-state index contributed by atoms with van der Waals surface area (Å²) in [4.78, 5) is 0. The van der Waals surface area contributed by atoms with E-state index in [1.54, 1.807) is 18.2 Å². The first kappa shape index (κ1) is 16.7. The maximum atomic E-state index is 15.1. The molecule has 4 rings (SSSR count). The molecule has 0 saturated heterocycles. The summed E-state index contributed by atoms with van der Waals surface area (Å²) in [6, 6.07) is 7.48. The zero-order chi connectivity index (χ0) is 17.9. The first-order chi connectivity index (χ1) is 11.9. The van der Waals surface area contributed by atoms with Crippen LogP contribution in [0, 0.1) is 5.82 Å². The smallest absolute Gasteiger partial charge is 0.497 e. The van der Waals surface area contributed by atoms with E-state index in [0.717, 1.165) is 8.96 Å². The molecule has 0 radical (unpaired) electrons. The van der Waals surface area contributed by atoms with Gasteiger partial charge in [0.15, 0.2) is 5.70 Å². The molecule has 0 aliphatic carbocycles. The first-order valence-electron chi connectivity index (χ1n) is 7.34. The fourth-order valence-electron chi connectivity index (χ4n) is 3.23. The summed E-state index contributed by atoms with van der Waals surface area (Å²) < 4.78 is 52.1. The first-order valence-corrected chi connectivity index (χ1v) is 8.92. The van der Waals surface area contributed by atoms with Crippen LogP contribution in [0.3, 0.4) is 0 Å². The molecule has 1 aromatic heterocycles. The Labute approximate surface area is 158 Å². The Bertz CT molecular complexity index is 1010. The zero-order valence-corrected chi connectivity index (χ0v) is 16.0. The second-order valence-corrected chi connectivity index (χ2v) is 7.26. The van der Waals surface area contributed by atoms with Gasteiger partial charge < -0.3 is 22.3 Å². The molecule has 3 nitrogen and oxygen atoms in total. The number of halogens is 5. The van der Waals surface area contributed by atoms with Gasteiger partial charge in [0.05, 0.1) is 17.3 Å². The van der Waals surface area contributed by atoms with E-state index in [1.165, 1.54) is 31.4 Å². The lowest BCUT2D eigenvalue weighted by Gasteiger charge is -2.32. The predicted octanol–water partition coefficient (Wildman–Crippen LogP) is 4.77. The van der Waals surface area contributed by atoms with E-state index < -0.39 is 12.8 Å². The Kier molecular flexibility index (Phi) is 3.77. The number of fused-ring (bicyclic) bond motifs is 2. The van der Waals surface area contributed by atoms with Crippen LogP contribution in [0.5, 0.6) is 5.75 Å². The van der Waals surface area contributed by atoms with Crippen molar-refractivity contribution < 1.29 is 22.2 Å². The van der Waals surface area contributed by atoms with Crippen molar-refractivity contribution in [3.63, 3.8) is 0 Å². The van der Waals surface area contributed by atoms with Crippen molar-refractivity contribution in [3.8, 4) is 5.75 Å². The molecule has 2 aliphatic heterocycles. The highest BCUT2D eigenvalue weighted by molar-refractivity contribution is 9.18. The van der Waals surface area contributed by atoms with E-state index in [2.05, 4.69) is 31.9 Å². The molecule has 0 saturated carbocycles. The van der Waals surface area contributed by atoms with Gasteiger partial charge in [-0.2, -0.15) is 0 Å². The molecule has 9 heteroatoms. The van der Waals surface area contributed by atoms with Crippen LogP contribution in [0.25, 0.3) is 5.57 Å². The van der Waals surface area contributed by atoms with Crippen LogP contribution in [0.4, 0.5) is 13.0 Å². The van der Waals surface area contributed by atoms with Gasteiger partial charge in [-0.25, -0.2) is 4.39 Å². The summed E-state index contributed by atoms with van der Waals surface area (Å²) in [6.07, 6.45) is 3.09. The Morgan fingerprint density at radius 3 is 2.56 bits per heavy atom. The zero-order valence-electron chi connectivity index (χ0n) is 12.8. The quantitative estimate of drug-likeness (QED) is 0.574. The van der Waals surface area contributed by atoms with Crippen LogP contribution in [0.15, 0.2) is 52.8 Å². The molecule has 0 bridgehead atoms. The van der Waals surface area contributed by atoms with Gasteiger partial charge in [-0.3, -0.25) is 0 Å². The molecule has 0 N–H and O–H groups in total. The second kappa shape index (κ2) is 5.64. The van der Waals surface area contributed by atoms with Crippen LogP contribution in [-0.2, 0) is 0 Å². The fraction of sp³-hybridized carbons (Fsp3) is 0.0625. The molecule has 2 aromatic rings. The number of hydrogen-bond donors (Lipinski definition) is 0. The van der Waals surface area contributed by atoms with Crippen LogP contribution in [0.2, 0.25) is 0 Å². The van der Waals surface area contributed by atoms with Crippen LogP contribution in [0.1, 0.15) is 11.3 Å². The monoisotopic (exact) mass is 472 g/mol. The SMILES string of the molecule is COc1ccc(C2=C3C=CC(Br)=[N+]3[B-](F)(F)n3c(Br)ccc32)c(F)c1.